The smallest absolute Gasteiger partial charge is 0.230 e. The zero-order valence-electron chi connectivity index (χ0n) is 17.9. The highest BCUT2D eigenvalue weighted by Gasteiger charge is 2.58. The Morgan fingerprint density at radius 2 is 2.07 bits per heavy atom. The Balaban J connectivity index is 1.44. The third kappa shape index (κ3) is 3.45. The molecule has 3 fully saturated rings. The molecular weight excluding hydrogens is 379 g/mol. The van der Waals surface area contributed by atoms with Gasteiger partial charge in [0.25, 0.3) is 0 Å². The van der Waals surface area contributed by atoms with Gasteiger partial charge in [0.05, 0.1) is 17.4 Å². The summed E-state index contributed by atoms with van der Waals surface area (Å²) in [5.41, 5.74) is 1.26. The first-order valence-corrected chi connectivity index (χ1v) is 11.2. The van der Waals surface area contributed by atoms with Crippen molar-refractivity contribution in [2.24, 2.45) is 11.3 Å². The number of halogens is 1. The first-order valence-electron chi connectivity index (χ1n) is 11.2. The number of aromatic nitrogens is 2. The monoisotopic (exact) mass is 410 g/mol. The van der Waals surface area contributed by atoms with Crippen LogP contribution in [0, 0.1) is 17.2 Å². The van der Waals surface area contributed by atoms with E-state index in [2.05, 4.69) is 34.4 Å². The van der Waals surface area contributed by atoms with E-state index in [1.54, 1.807) is 6.07 Å². The Morgan fingerprint density at radius 3 is 2.77 bits per heavy atom. The molecule has 3 heterocycles. The highest BCUT2D eigenvalue weighted by Crippen LogP contribution is 2.50. The normalized spacial score (nSPS) is 27.1. The van der Waals surface area contributed by atoms with Gasteiger partial charge in [-0.25, -0.2) is 9.37 Å². The molecule has 2 aliphatic heterocycles. The lowest BCUT2D eigenvalue weighted by molar-refractivity contribution is -0.136. The molecule has 5 rings (SSSR count). The van der Waals surface area contributed by atoms with Crippen molar-refractivity contribution in [1.82, 2.24) is 19.4 Å². The number of nitrogens with zero attached hydrogens (tertiary/aromatic N) is 4. The van der Waals surface area contributed by atoms with E-state index in [4.69, 9.17) is 4.98 Å². The molecule has 5 nitrogen and oxygen atoms in total. The summed E-state index contributed by atoms with van der Waals surface area (Å²) in [6.07, 6.45) is 7.36. The third-order valence-electron chi connectivity index (χ3n) is 7.26. The van der Waals surface area contributed by atoms with Crippen molar-refractivity contribution in [3.05, 3.63) is 53.9 Å². The van der Waals surface area contributed by atoms with Crippen molar-refractivity contribution in [3.8, 4) is 0 Å². The Morgan fingerprint density at radius 1 is 1.27 bits per heavy atom. The van der Waals surface area contributed by atoms with Crippen LogP contribution in [0.2, 0.25) is 0 Å². The van der Waals surface area contributed by atoms with Crippen LogP contribution in [0.15, 0.2) is 36.8 Å². The average molecular weight is 411 g/mol. The number of carbonyl (C=O) groups is 1. The van der Waals surface area contributed by atoms with Crippen LogP contribution in [0.3, 0.4) is 0 Å². The number of amides is 1. The van der Waals surface area contributed by atoms with Gasteiger partial charge in [0, 0.05) is 56.4 Å². The largest absolute Gasteiger partial charge is 0.342 e. The molecule has 6 heteroatoms. The molecule has 30 heavy (non-hydrogen) atoms. The number of rotatable bonds is 6. The van der Waals surface area contributed by atoms with Crippen LogP contribution in [0.5, 0.6) is 0 Å². The van der Waals surface area contributed by atoms with Gasteiger partial charge in [0.2, 0.25) is 5.91 Å². The zero-order chi connectivity index (χ0) is 20.9. The van der Waals surface area contributed by atoms with Crippen LogP contribution >= 0.6 is 0 Å². The summed E-state index contributed by atoms with van der Waals surface area (Å²) in [6.45, 7) is 7.97. The molecule has 0 N–H and O–H groups in total. The fourth-order valence-corrected chi connectivity index (χ4v) is 5.30. The number of hydrogen-bond acceptors (Lipinski definition) is 3. The Labute approximate surface area is 177 Å². The van der Waals surface area contributed by atoms with E-state index in [0.717, 1.165) is 31.7 Å². The summed E-state index contributed by atoms with van der Waals surface area (Å²) in [5, 5.41) is 0. The van der Waals surface area contributed by atoms with Crippen molar-refractivity contribution in [2.45, 2.75) is 51.6 Å². The van der Waals surface area contributed by atoms with Crippen molar-refractivity contribution < 1.29 is 9.18 Å². The van der Waals surface area contributed by atoms with Gasteiger partial charge >= 0.3 is 0 Å². The predicted molar refractivity (Wildman–Crippen MR) is 113 cm³/mol. The van der Waals surface area contributed by atoms with E-state index in [0.29, 0.717) is 30.6 Å². The lowest BCUT2D eigenvalue weighted by Gasteiger charge is -2.28. The van der Waals surface area contributed by atoms with Gasteiger partial charge in [-0.3, -0.25) is 9.69 Å². The quantitative estimate of drug-likeness (QED) is 0.727. The second kappa shape index (κ2) is 7.49. The fraction of sp³-hybridized carbons (Fsp3) is 0.583. The number of benzene rings is 1. The molecule has 1 aromatic heterocycles. The minimum Gasteiger partial charge on any atom is -0.342 e. The summed E-state index contributed by atoms with van der Waals surface area (Å²) in [5.74, 6) is 0.862. The van der Waals surface area contributed by atoms with Crippen LogP contribution < -0.4 is 0 Å². The first-order chi connectivity index (χ1) is 14.5. The zero-order valence-corrected chi connectivity index (χ0v) is 17.9. The second-order valence-electron chi connectivity index (χ2n) is 9.75. The third-order valence-corrected chi connectivity index (χ3v) is 7.26. The number of likely N-dealkylation sites (tertiary alicyclic amines) is 2. The molecule has 0 radical (unpaired) electrons. The molecule has 1 amide bonds. The molecule has 1 spiro atoms. The Hall–Kier alpha value is -2.21. The van der Waals surface area contributed by atoms with E-state index in [1.807, 2.05) is 18.5 Å². The molecule has 1 saturated carbocycles. The number of imidazole rings is 1. The maximum Gasteiger partial charge on any atom is 0.230 e. The van der Waals surface area contributed by atoms with Crippen molar-refractivity contribution in [2.75, 3.05) is 26.2 Å². The summed E-state index contributed by atoms with van der Waals surface area (Å²) < 4.78 is 16.4. The van der Waals surface area contributed by atoms with Gasteiger partial charge in [-0.15, -0.1) is 0 Å². The van der Waals surface area contributed by atoms with Crippen LogP contribution in [-0.2, 0) is 11.3 Å². The molecule has 2 saturated heterocycles. The van der Waals surface area contributed by atoms with Gasteiger partial charge in [-0.1, -0.05) is 18.2 Å². The summed E-state index contributed by atoms with van der Waals surface area (Å²) in [4.78, 5) is 22.7. The lowest BCUT2D eigenvalue weighted by atomic mass is 9.75. The molecule has 1 aliphatic carbocycles. The number of hydrogen-bond donors (Lipinski definition) is 0. The van der Waals surface area contributed by atoms with Crippen LogP contribution in [0.4, 0.5) is 4.39 Å². The predicted octanol–water partition coefficient (Wildman–Crippen LogP) is 3.83. The van der Waals surface area contributed by atoms with Crippen LogP contribution in [0.1, 0.15) is 56.3 Å². The van der Waals surface area contributed by atoms with Gasteiger partial charge in [-0.2, -0.15) is 0 Å². The van der Waals surface area contributed by atoms with Gasteiger partial charge in [0.15, 0.2) is 0 Å². The lowest BCUT2D eigenvalue weighted by Crippen LogP contribution is -2.40. The molecule has 2 atom stereocenters. The maximum atomic E-state index is 14.3. The van der Waals surface area contributed by atoms with Crippen molar-refractivity contribution in [1.29, 1.82) is 0 Å². The van der Waals surface area contributed by atoms with E-state index in [1.165, 1.54) is 18.9 Å². The van der Waals surface area contributed by atoms with E-state index in [-0.39, 0.29) is 17.6 Å². The van der Waals surface area contributed by atoms with Crippen molar-refractivity contribution >= 4 is 5.91 Å². The standard InChI is InChI=1S/C24H31FN4O/c1-17(2)29-14-22(26-16-29)20-13-27(12-19-5-3-4-6-21(19)25)15-24(20)9-10-28(23(24)30)11-18-7-8-18/h3-6,14,16-18,20H,7-13,15H2,1-2H3. The molecular formula is C24H31FN4O. The van der Waals surface area contributed by atoms with Gasteiger partial charge in [0.1, 0.15) is 5.82 Å². The fourth-order valence-electron chi connectivity index (χ4n) is 5.30. The molecule has 3 aliphatic rings. The minimum absolute atomic E-state index is 0.0565. The average Bonchev–Trinajstić information content (AvgIpc) is 3.15. The Bertz CT molecular complexity index is 937. The van der Waals surface area contributed by atoms with E-state index < -0.39 is 5.41 Å². The molecule has 2 unspecified atom stereocenters. The topological polar surface area (TPSA) is 41.4 Å². The van der Waals surface area contributed by atoms with Gasteiger partial charge < -0.3 is 9.47 Å². The summed E-state index contributed by atoms with van der Waals surface area (Å²) in [6, 6.07) is 7.30. The van der Waals surface area contributed by atoms with E-state index in [9.17, 15) is 9.18 Å². The van der Waals surface area contributed by atoms with E-state index >= 15 is 0 Å². The molecule has 160 valence electrons. The van der Waals surface area contributed by atoms with Crippen LogP contribution in [-0.4, -0.2) is 51.4 Å². The van der Waals surface area contributed by atoms with Crippen LogP contribution in [0.25, 0.3) is 0 Å². The molecule has 1 aromatic carbocycles. The van der Waals surface area contributed by atoms with Gasteiger partial charge in [-0.05, 0) is 45.1 Å². The Kier molecular flexibility index (Phi) is 4.92. The minimum atomic E-state index is -0.434. The summed E-state index contributed by atoms with van der Waals surface area (Å²) in [7, 11) is 0. The first kappa shape index (κ1) is 19.7. The highest BCUT2D eigenvalue weighted by atomic mass is 19.1. The molecule has 2 aromatic rings. The number of carbonyl (C=O) groups excluding carboxylic acids is 1. The molecule has 0 bridgehead atoms. The SMILES string of the molecule is CC(C)n1cnc(C2CN(Cc3ccccc3F)CC23CCN(CC2CC2)C3=O)c1. The maximum absolute atomic E-state index is 14.3. The highest BCUT2D eigenvalue weighted by molar-refractivity contribution is 5.87. The summed E-state index contributed by atoms with van der Waals surface area (Å²) >= 11 is 0. The van der Waals surface area contributed by atoms with Crippen molar-refractivity contribution in [3.63, 3.8) is 0 Å². The second-order valence-corrected chi connectivity index (χ2v) is 9.75.